The molecule has 4 aromatic carbocycles. The Labute approximate surface area is 255 Å². The molecule has 1 heterocycles. The summed E-state index contributed by atoms with van der Waals surface area (Å²) in [6.07, 6.45) is 0. The highest BCUT2D eigenvalue weighted by atomic mass is 32.2. The highest BCUT2D eigenvalue weighted by Gasteiger charge is 2.20. The predicted molar refractivity (Wildman–Crippen MR) is 168 cm³/mol. The van der Waals surface area contributed by atoms with Gasteiger partial charge in [0.15, 0.2) is 11.5 Å². The number of hydrogen-bond donors (Lipinski definition) is 0. The highest BCUT2D eigenvalue weighted by Crippen LogP contribution is 2.29. The second-order valence-electron chi connectivity index (χ2n) is 10.3. The number of carbonyl (C=O) groups is 3. The first-order valence-corrected chi connectivity index (χ1v) is 14.8. The molecule has 43 heavy (non-hydrogen) atoms. The molecule has 0 aliphatic carbocycles. The molecule has 0 atom stereocenters. The second-order valence-corrected chi connectivity index (χ2v) is 11.4. The van der Waals surface area contributed by atoms with Crippen LogP contribution >= 0.6 is 11.8 Å². The largest absolute Gasteiger partial charge is 0.378 e. The van der Waals surface area contributed by atoms with Crippen LogP contribution in [-0.4, -0.2) is 49.6 Å². The standard InChI is InChI=1S/C35H32N2O5S/c1-23-4-5-24(2)32(22-23)33(36-42-25(3)38)35(40)28-10-16-31(17-11-28)43-30-14-8-27(9-15-30)34(39)26-6-12-29(13-7-26)37-18-20-41-21-19-37/h4-17,22H,18-21H2,1-3H3/b36-33-. The van der Waals surface area contributed by atoms with Gasteiger partial charge in [-0.15, -0.1) is 0 Å². The van der Waals surface area contributed by atoms with Crippen molar-refractivity contribution in [1.82, 2.24) is 0 Å². The molecule has 1 aliphatic rings. The van der Waals surface area contributed by atoms with Gasteiger partial charge in [0.25, 0.3) is 0 Å². The van der Waals surface area contributed by atoms with Crippen molar-refractivity contribution in [3.63, 3.8) is 0 Å². The first-order valence-electron chi connectivity index (χ1n) is 14.0. The minimum absolute atomic E-state index is 0.0250. The van der Waals surface area contributed by atoms with Crippen molar-refractivity contribution in [3.05, 3.63) is 124 Å². The summed E-state index contributed by atoms with van der Waals surface area (Å²) in [6.45, 7) is 8.19. The van der Waals surface area contributed by atoms with E-state index in [0.717, 1.165) is 39.7 Å². The number of carbonyl (C=O) groups excluding carboxylic acids is 3. The summed E-state index contributed by atoms with van der Waals surface area (Å²) in [5, 5.41) is 3.91. The van der Waals surface area contributed by atoms with Crippen LogP contribution in [0.4, 0.5) is 5.69 Å². The van der Waals surface area contributed by atoms with E-state index in [2.05, 4.69) is 10.1 Å². The van der Waals surface area contributed by atoms with E-state index in [4.69, 9.17) is 9.57 Å². The molecular formula is C35H32N2O5S. The minimum Gasteiger partial charge on any atom is -0.378 e. The molecular weight excluding hydrogens is 560 g/mol. The van der Waals surface area contributed by atoms with Crippen LogP contribution in [0.25, 0.3) is 0 Å². The molecule has 0 unspecified atom stereocenters. The molecule has 0 bridgehead atoms. The Morgan fingerprint density at radius 3 is 1.91 bits per heavy atom. The highest BCUT2D eigenvalue weighted by molar-refractivity contribution is 7.99. The molecule has 0 spiro atoms. The van der Waals surface area contributed by atoms with Crippen LogP contribution in [0, 0.1) is 13.8 Å². The monoisotopic (exact) mass is 592 g/mol. The van der Waals surface area contributed by atoms with Gasteiger partial charge in [0.2, 0.25) is 5.78 Å². The number of rotatable bonds is 9. The Hall–Kier alpha value is -4.53. The van der Waals surface area contributed by atoms with Crippen LogP contribution in [0.3, 0.4) is 0 Å². The van der Waals surface area contributed by atoms with Crippen molar-refractivity contribution < 1.29 is 24.0 Å². The van der Waals surface area contributed by atoms with E-state index in [9.17, 15) is 14.4 Å². The molecule has 0 saturated carbocycles. The summed E-state index contributed by atoms with van der Waals surface area (Å²) in [5.74, 6) is -0.966. The van der Waals surface area contributed by atoms with Crippen molar-refractivity contribution in [2.75, 3.05) is 31.2 Å². The molecule has 218 valence electrons. The van der Waals surface area contributed by atoms with Crippen LogP contribution < -0.4 is 4.90 Å². The molecule has 5 rings (SSSR count). The lowest BCUT2D eigenvalue weighted by molar-refractivity contribution is -0.140. The molecule has 0 radical (unpaired) electrons. The van der Waals surface area contributed by atoms with Gasteiger partial charge < -0.3 is 14.5 Å². The van der Waals surface area contributed by atoms with Gasteiger partial charge in [-0.1, -0.05) is 34.6 Å². The molecule has 4 aromatic rings. The van der Waals surface area contributed by atoms with Crippen LogP contribution in [0.5, 0.6) is 0 Å². The van der Waals surface area contributed by atoms with E-state index in [1.165, 1.54) is 18.7 Å². The molecule has 1 saturated heterocycles. The van der Waals surface area contributed by atoms with E-state index in [1.807, 2.05) is 92.7 Å². The summed E-state index contributed by atoms with van der Waals surface area (Å²) in [4.78, 5) is 47.0. The quantitative estimate of drug-likeness (QED) is 0.0929. The Kier molecular flexibility index (Phi) is 9.49. The number of hydrogen-bond acceptors (Lipinski definition) is 8. The average Bonchev–Trinajstić information content (AvgIpc) is 3.03. The Bertz CT molecular complexity index is 1660. The number of benzene rings is 4. The summed E-state index contributed by atoms with van der Waals surface area (Å²) in [7, 11) is 0. The summed E-state index contributed by atoms with van der Waals surface area (Å²) < 4.78 is 5.42. The number of ketones is 2. The zero-order valence-electron chi connectivity index (χ0n) is 24.3. The Morgan fingerprint density at radius 1 is 0.767 bits per heavy atom. The summed E-state index contributed by atoms with van der Waals surface area (Å²) in [5.41, 5.74) is 5.30. The molecule has 1 aliphatic heterocycles. The lowest BCUT2D eigenvalue weighted by Gasteiger charge is -2.28. The van der Waals surface area contributed by atoms with Crippen molar-refractivity contribution in [3.8, 4) is 0 Å². The van der Waals surface area contributed by atoms with E-state index in [-0.39, 0.29) is 17.3 Å². The third-order valence-electron chi connectivity index (χ3n) is 7.10. The lowest BCUT2D eigenvalue weighted by atomic mass is 9.96. The fourth-order valence-electron chi connectivity index (χ4n) is 4.75. The predicted octanol–water partition coefficient (Wildman–Crippen LogP) is 6.67. The van der Waals surface area contributed by atoms with Crippen molar-refractivity contribution >= 4 is 40.7 Å². The molecule has 7 nitrogen and oxygen atoms in total. The van der Waals surface area contributed by atoms with Crippen LogP contribution in [-0.2, 0) is 14.4 Å². The van der Waals surface area contributed by atoms with Crippen molar-refractivity contribution in [1.29, 1.82) is 0 Å². The van der Waals surface area contributed by atoms with Gasteiger partial charge in [-0.05, 0) is 98.3 Å². The fourth-order valence-corrected chi connectivity index (χ4v) is 5.56. The van der Waals surface area contributed by atoms with Crippen LogP contribution in [0.1, 0.15) is 49.9 Å². The Morgan fingerprint density at radius 2 is 1.33 bits per heavy atom. The number of aryl methyl sites for hydroxylation is 2. The maximum Gasteiger partial charge on any atom is 0.332 e. The minimum atomic E-state index is -0.600. The first kappa shape index (κ1) is 29.9. The zero-order valence-corrected chi connectivity index (χ0v) is 25.1. The fraction of sp³-hybridized carbons (Fsp3) is 0.200. The molecule has 8 heteroatoms. The van der Waals surface area contributed by atoms with E-state index < -0.39 is 5.97 Å². The third-order valence-corrected chi connectivity index (χ3v) is 8.12. The number of Topliss-reactive ketones (excluding diaryl/α,β-unsaturated/α-hetero) is 1. The van der Waals surface area contributed by atoms with Gasteiger partial charge in [-0.25, -0.2) is 4.79 Å². The number of oxime groups is 1. The van der Waals surface area contributed by atoms with Gasteiger partial charge in [0.05, 0.1) is 13.2 Å². The van der Waals surface area contributed by atoms with Crippen LogP contribution in [0.2, 0.25) is 0 Å². The van der Waals surface area contributed by atoms with Gasteiger partial charge in [-0.2, -0.15) is 0 Å². The number of nitrogens with zero attached hydrogens (tertiary/aromatic N) is 2. The average molecular weight is 593 g/mol. The first-order chi connectivity index (χ1) is 20.8. The maximum absolute atomic E-state index is 13.4. The van der Waals surface area contributed by atoms with Crippen LogP contribution in [0.15, 0.2) is 106 Å². The van der Waals surface area contributed by atoms with Gasteiger partial charge >= 0.3 is 5.97 Å². The normalized spacial score (nSPS) is 13.5. The number of morpholine rings is 1. The SMILES string of the molecule is CC(=O)O/N=C(\C(=O)c1ccc(Sc2ccc(C(=O)c3ccc(N4CCOCC4)cc3)cc2)cc1)c1cc(C)ccc1C. The van der Waals surface area contributed by atoms with Crippen molar-refractivity contribution in [2.24, 2.45) is 5.16 Å². The molecule has 0 N–H and O–H groups in total. The smallest absolute Gasteiger partial charge is 0.332 e. The molecule has 0 aromatic heterocycles. The van der Waals surface area contributed by atoms with E-state index >= 15 is 0 Å². The second kappa shape index (κ2) is 13.6. The van der Waals surface area contributed by atoms with E-state index in [1.54, 1.807) is 12.1 Å². The zero-order chi connectivity index (χ0) is 30.3. The lowest BCUT2D eigenvalue weighted by Crippen LogP contribution is -2.36. The third kappa shape index (κ3) is 7.46. The van der Waals surface area contributed by atoms with Crippen molar-refractivity contribution in [2.45, 2.75) is 30.6 Å². The van der Waals surface area contributed by atoms with E-state index in [0.29, 0.717) is 35.5 Å². The van der Waals surface area contributed by atoms with Gasteiger partial charge in [0.1, 0.15) is 0 Å². The number of anilines is 1. The maximum atomic E-state index is 13.4. The molecule has 1 fully saturated rings. The number of ether oxygens (including phenoxy) is 1. The molecule has 0 amide bonds. The van der Waals surface area contributed by atoms with Gasteiger partial charge in [-0.3, -0.25) is 9.59 Å². The topological polar surface area (TPSA) is 85.3 Å². The summed E-state index contributed by atoms with van der Waals surface area (Å²) >= 11 is 1.53. The summed E-state index contributed by atoms with van der Waals surface area (Å²) in [6, 6.07) is 28.1. The Balaban J connectivity index is 1.25. The van der Waals surface area contributed by atoms with Gasteiger partial charge in [0, 0.05) is 57.7 Å².